The minimum Gasteiger partial charge on any atom is -0.484 e. The highest BCUT2D eigenvalue weighted by Crippen LogP contribution is 2.13. The number of carbonyl (C=O) groups excluding carboxylic acids is 3. The number of hydrogen-bond donors (Lipinski definition) is 2. The standard InChI is InChI=1S/C12H14N2O5/c1-13-12(17)14-10(15)7-19-9-5-3-4-8(6-9)11(16)18-2/h3-6H,7H2,1-2H3,(H2,13,14,15,17). The van der Waals surface area contributed by atoms with Gasteiger partial charge in [-0.15, -0.1) is 0 Å². The van der Waals surface area contributed by atoms with E-state index in [1.54, 1.807) is 18.2 Å². The number of amides is 3. The predicted molar refractivity (Wildman–Crippen MR) is 65.9 cm³/mol. The first-order chi connectivity index (χ1) is 9.06. The zero-order chi connectivity index (χ0) is 14.3. The summed E-state index contributed by atoms with van der Waals surface area (Å²) in [7, 11) is 2.66. The second kappa shape index (κ2) is 7.00. The van der Waals surface area contributed by atoms with Crippen LogP contribution in [0.4, 0.5) is 4.79 Å². The lowest BCUT2D eigenvalue weighted by Crippen LogP contribution is -2.39. The predicted octanol–water partition coefficient (Wildman–Crippen LogP) is 0.308. The van der Waals surface area contributed by atoms with Gasteiger partial charge in [0.2, 0.25) is 0 Å². The van der Waals surface area contributed by atoms with Gasteiger partial charge in [0.1, 0.15) is 5.75 Å². The molecule has 0 saturated carbocycles. The molecule has 3 amide bonds. The quantitative estimate of drug-likeness (QED) is 0.765. The van der Waals surface area contributed by atoms with Crippen LogP contribution in [0.5, 0.6) is 5.75 Å². The van der Waals surface area contributed by atoms with Gasteiger partial charge in [-0.2, -0.15) is 0 Å². The number of nitrogens with one attached hydrogen (secondary N) is 2. The van der Waals surface area contributed by atoms with E-state index in [1.165, 1.54) is 20.2 Å². The van der Waals surface area contributed by atoms with Crippen LogP contribution < -0.4 is 15.4 Å². The van der Waals surface area contributed by atoms with Crippen molar-refractivity contribution in [2.45, 2.75) is 0 Å². The van der Waals surface area contributed by atoms with E-state index in [1.807, 2.05) is 5.32 Å². The van der Waals surface area contributed by atoms with E-state index in [2.05, 4.69) is 10.1 Å². The third-order valence-corrected chi connectivity index (χ3v) is 2.11. The molecule has 0 aliphatic rings. The number of urea groups is 1. The molecule has 1 rings (SSSR count). The molecule has 7 heteroatoms. The zero-order valence-electron chi connectivity index (χ0n) is 10.6. The van der Waals surface area contributed by atoms with Crippen molar-refractivity contribution < 1.29 is 23.9 Å². The third-order valence-electron chi connectivity index (χ3n) is 2.11. The smallest absolute Gasteiger partial charge is 0.337 e. The fourth-order valence-corrected chi connectivity index (χ4v) is 1.20. The maximum absolute atomic E-state index is 11.3. The van der Waals surface area contributed by atoms with Gasteiger partial charge in [-0.05, 0) is 18.2 Å². The van der Waals surface area contributed by atoms with Gasteiger partial charge in [0, 0.05) is 7.05 Å². The first-order valence-electron chi connectivity index (χ1n) is 5.39. The largest absolute Gasteiger partial charge is 0.484 e. The highest BCUT2D eigenvalue weighted by Gasteiger charge is 2.09. The first-order valence-corrected chi connectivity index (χ1v) is 5.39. The summed E-state index contributed by atoms with van der Waals surface area (Å²) in [5, 5.41) is 4.28. The molecule has 0 unspecified atom stereocenters. The van der Waals surface area contributed by atoms with Crippen molar-refractivity contribution in [2.24, 2.45) is 0 Å². The Morgan fingerprint density at radius 2 is 2.00 bits per heavy atom. The molecular formula is C12H14N2O5. The summed E-state index contributed by atoms with van der Waals surface area (Å²) in [6.45, 7) is -0.335. The van der Waals surface area contributed by atoms with E-state index in [0.717, 1.165) is 0 Å². The third kappa shape index (κ3) is 4.66. The molecule has 0 atom stereocenters. The van der Waals surface area contributed by atoms with Crippen molar-refractivity contribution in [1.82, 2.24) is 10.6 Å². The Labute approximate surface area is 109 Å². The number of carbonyl (C=O) groups is 3. The lowest BCUT2D eigenvalue weighted by molar-refractivity contribution is -0.122. The van der Waals surface area contributed by atoms with E-state index in [0.29, 0.717) is 11.3 Å². The van der Waals surface area contributed by atoms with Crippen LogP contribution in [-0.4, -0.2) is 38.7 Å². The molecule has 7 nitrogen and oxygen atoms in total. The summed E-state index contributed by atoms with van der Waals surface area (Å²) in [6, 6.07) is 5.57. The summed E-state index contributed by atoms with van der Waals surface area (Å²) in [5.41, 5.74) is 0.312. The van der Waals surface area contributed by atoms with E-state index in [9.17, 15) is 14.4 Å². The molecule has 102 valence electrons. The van der Waals surface area contributed by atoms with Gasteiger partial charge in [-0.1, -0.05) is 6.07 Å². The molecule has 0 heterocycles. The Kier molecular flexibility index (Phi) is 5.34. The maximum atomic E-state index is 11.3. The summed E-state index contributed by atoms with van der Waals surface area (Å²) in [6.07, 6.45) is 0. The Bertz CT molecular complexity index is 487. The van der Waals surface area contributed by atoms with Crippen LogP contribution in [-0.2, 0) is 9.53 Å². The molecule has 1 aromatic carbocycles. The molecule has 0 radical (unpaired) electrons. The van der Waals surface area contributed by atoms with Gasteiger partial charge in [-0.3, -0.25) is 10.1 Å². The van der Waals surface area contributed by atoms with Crippen LogP contribution in [0.3, 0.4) is 0 Å². The molecule has 0 fully saturated rings. The summed E-state index contributed by atoms with van der Waals surface area (Å²) >= 11 is 0. The molecule has 0 aromatic heterocycles. The van der Waals surface area contributed by atoms with Crippen LogP contribution in [0.15, 0.2) is 24.3 Å². The monoisotopic (exact) mass is 266 g/mol. The van der Waals surface area contributed by atoms with Gasteiger partial charge in [0.25, 0.3) is 5.91 Å². The summed E-state index contributed by atoms with van der Waals surface area (Å²) in [5.74, 6) is -0.766. The molecular weight excluding hydrogens is 252 g/mol. The number of esters is 1. The Hall–Kier alpha value is -2.57. The number of ether oxygens (including phenoxy) is 2. The van der Waals surface area contributed by atoms with Crippen molar-refractivity contribution in [3.8, 4) is 5.75 Å². The highest BCUT2D eigenvalue weighted by molar-refractivity contribution is 5.95. The molecule has 0 spiro atoms. The van der Waals surface area contributed by atoms with Gasteiger partial charge in [-0.25, -0.2) is 9.59 Å². The van der Waals surface area contributed by atoms with E-state index in [-0.39, 0.29) is 6.61 Å². The maximum Gasteiger partial charge on any atom is 0.337 e. The van der Waals surface area contributed by atoms with Crippen molar-refractivity contribution >= 4 is 17.9 Å². The van der Waals surface area contributed by atoms with Crippen LogP contribution in [0, 0.1) is 0 Å². The Morgan fingerprint density at radius 1 is 1.26 bits per heavy atom. The lowest BCUT2D eigenvalue weighted by atomic mass is 10.2. The number of benzene rings is 1. The van der Waals surface area contributed by atoms with Crippen molar-refractivity contribution in [3.63, 3.8) is 0 Å². The fraction of sp³-hybridized carbons (Fsp3) is 0.250. The molecule has 0 saturated heterocycles. The molecule has 0 bridgehead atoms. The average molecular weight is 266 g/mol. The Morgan fingerprint density at radius 3 is 2.63 bits per heavy atom. The van der Waals surface area contributed by atoms with Gasteiger partial charge >= 0.3 is 12.0 Å². The van der Waals surface area contributed by atoms with Gasteiger partial charge in [0.15, 0.2) is 6.61 Å². The van der Waals surface area contributed by atoms with Crippen LogP contribution in [0.25, 0.3) is 0 Å². The summed E-state index contributed by atoms with van der Waals surface area (Å²) < 4.78 is 9.71. The molecule has 0 aliphatic heterocycles. The van der Waals surface area contributed by atoms with Crippen molar-refractivity contribution in [3.05, 3.63) is 29.8 Å². The number of imide groups is 1. The fourth-order valence-electron chi connectivity index (χ4n) is 1.20. The molecule has 1 aromatic rings. The number of methoxy groups -OCH3 is 1. The number of rotatable bonds is 4. The first kappa shape index (κ1) is 14.5. The average Bonchev–Trinajstić information content (AvgIpc) is 2.44. The Balaban J connectivity index is 2.56. The van der Waals surface area contributed by atoms with Gasteiger partial charge in [0.05, 0.1) is 12.7 Å². The minimum absolute atomic E-state index is 0.312. The minimum atomic E-state index is -0.614. The van der Waals surface area contributed by atoms with Crippen LogP contribution in [0.2, 0.25) is 0 Å². The molecule has 19 heavy (non-hydrogen) atoms. The van der Waals surface area contributed by atoms with E-state index in [4.69, 9.17) is 4.74 Å². The van der Waals surface area contributed by atoms with Crippen molar-refractivity contribution in [2.75, 3.05) is 20.8 Å². The topological polar surface area (TPSA) is 93.7 Å². The second-order valence-electron chi connectivity index (χ2n) is 3.44. The van der Waals surface area contributed by atoms with Crippen molar-refractivity contribution in [1.29, 1.82) is 0 Å². The van der Waals surface area contributed by atoms with Crippen LogP contribution in [0.1, 0.15) is 10.4 Å². The second-order valence-corrected chi connectivity index (χ2v) is 3.44. The van der Waals surface area contributed by atoms with E-state index < -0.39 is 17.9 Å². The normalized spacial score (nSPS) is 9.37. The number of hydrogen-bond acceptors (Lipinski definition) is 5. The zero-order valence-corrected chi connectivity index (χ0v) is 10.6. The molecule has 2 N–H and O–H groups in total. The van der Waals surface area contributed by atoms with Gasteiger partial charge < -0.3 is 14.8 Å². The van der Waals surface area contributed by atoms with E-state index >= 15 is 0 Å². The highest BCUT2D eigenvalue weighted by atomic mass is 16.5. The lowest BCUT2D eigenvalue weighted by Gasteiger charge is -2.07. The van der Waals surface area contributed by atoms with Crippen LogP contribution >= 0.6 is 0 Å². The summed E-state index contributed by atoms with van der Waals surface area (Å²) in [4.78, 5) is 33.4. The SMILES string of the molecule is CNC(=O)NC(=O)COc1cccc(C(=O)OC)c1. The molecule has 0 aliphatic carbocycles.